The molecule has 0 aliphatic carbocycles. The van der Waals surface area contributed by atoms with E-state index in [0.29, 0.717) is 13.2 Å². The minimum absolute atomic E-state index is 0.129. The number of carbonyl (C=O) groups excluding carboxylic acids is 1. The van der Waals surface area contributed by atoms with Gasteiger partial charge in [0.15, 0.2) is 11.9 Å². The normalized spacial score (nSPS) is 20.9. The van der Waals surface area contributed by atoms with Crippen LogP contribution >= 0.6 is 0 Å². The van der Waals surface area contributed by atoms with Crippen molar-refractivity contribution in [3.8, 4) is 0 Å². The fourth-order valence-electron chi connectivity index (χ4n) is 1.69. The predicted molar refractivity (Wildman–Crippen MR) is 56.3 cm³/mol. The molecule has 0 spiro atoms. The molecule has 0 N–H and O–H groups in total. The van der Waals surface area contributed by atoms with Gasteiger partial charge in [-0.05, 0) is 5.56 Å². The molecule has 1 amide bonds. The average Bonchev–Trinajstić information content (AvgIpc) is 2.94. The molecule has 0 radical (unpaired) electrons. The van der Waals surface area contributed by atoms with Crippen LogP contribution in [0.15, 0.2) is 42.3 Å². The highest BCUT2D eigenvalue weighted by molar-refractivity contribution is 5.70. The van der Waals surface area contributed by atoms with Crippen molar-refractivity contribution in [3.63, 3.8) is 0 Å². The molecular weight excluding hydrogens is 206 g/mol. The van der Waals surface area contributed by atoms with Gasteiger partial charge in [-0.25, -0.2) is 4.79 Å². The van der Waals surface area contributed by atoms with Crippen LogP contribution < -0.4 is 0 Å². The van der Waals surface area contributed by atoms with E-state index in [0.717, 1.165) is 11.3 Å². The third kappa shape index (κ3) is 1.74. The molecule has 1 atom stereocenters. The molecule has 1 fully saturated rings. The first kappa shape index (κ1) is 9.27. The number of benzene rings is 1. The van der Waals surface area contributed by atoms with Crippen LogP contribution in [0.5, 0.6) is 0 Å². The van der Waals surface area contributed by atoms with Crippen molar-refractivity contribution in [2.45, 2.75) is 12.7 Å². The Kier molecular flexibility index (Phi) is 2.06. The summed E-state index contributed by atoms with van der Waals surface area (Å²) in [4.78, 5) is 13.1. The van der Waals surface area contributed by atoms with Crippen molar-refractivity contribution in [3.05, 3.63) is 47.9 Å². The Labute approximate surface area is 93.1 Å². The van der Waals surface area contributed by atoms with Crippen molar-refractivity contribution in [1.82, 2.24) is 4.90 Å². The highest BCUT2D eigenvalue weighted by Crippen LogP contribution is 2.34. The number of carbonyl (C=O) groups is 1. The minimum Gasteiger partial charge on any atom is -0.479 e. The number of rotatable bonds is 2. The summed E-state index contributed by atoms with van der Waals surface area (Å²) >= 11 is 0. The molecule has 16 heavy (non-hydrogen) atoms. The van der Waals surface area contributed by atoms with E-state index in [1.807, 2.05) is 30.3 Å². The van der Waals surface area contributed by atoms with Crippen molar-refractivity contribution >= 4 is 6.09 Å². The Morgan fingerprint density at radius 1 is 1.44 bits per heavy atom. The second kappa shape index (κ2) is 3.56. The third-order valence-electron chi connectivity index (χ3n) is 2.62. The minimum atomic E-state index is -0.313. The molecule has 82 valence electrons. The van der Waals surface area contributed by atoms with E-state index in [1.54, 1.807) is 11.1 Å². The summed E-state index contributed by atoms with van der Waals surface area (Å²) < 4.78 is 10.3. The zero-order chi connectivity index (χ0) is 11.0. The van der Waals surface area contributed by atoms with Gasteiger partial charge in [-0.3, -0.25) is 4.90 Å². The summed E-state index contributed by atoms with van der Waals surface area (Å²) in [6.07, 6.45) is 1.52. The molecule has 3 rings (SSSR count). The molecule has 0 aromatic heterocycles. The zero-order valence-electron chi connectivity index (χ0n) is 8.63. The van der Waals surface area contributed by atoms with Crippen LogP contribution in [0.4, 0.5) is 4.79 Å². The predicted octanol–water partition coefficient (Wildman–Crippen LogP) is 1.88. The first-order chi connectivity index (χ1) is 7.83. The van der Waals surface area contributed by atoms with Gasteiger partial charge in [0.1, 0.15) is 6.61 Å². The Balaban J connectivity index is 1.54. The van der Waals surface area contributed by atoms with Gasteiger partial charge < -0.3 is 9.47 Å². The molecule has 0 bridgehead atoms. The fraction of sp³-hybridized carbons (Fsp3) is 0.250. The Hall–Kier alpha value is -1.97. The molecule has 2 aliphatic heterocycles. The average molecular weight is 217 g/mol. The summed E-state index contributed by atoms with van der Waals surface area (Å²) in [6, 6.07) is 9.63. The van der Waals surface area contributed by atoms with Crippen molar-refractivity contribution in [2.75, 3.05) is 6.54 Å². The molecule has 0 saturated carbocycles. The monoisotopic (exact) mass is 217 g/mol. The number of amides is 1. The Bertz CT molecular complexity index is 441. The van der Waals surface area contributed by atoms with E-state index in [1.165, 1.54) is 0 Å². The van der Waals surface area contributed by atoms with Gasteiger partial charge in [-0.15, -0.1) is 0 Å². The molecule has 4 heteroatoms. The Morgan fingerprint density at radius 3 is 2.94 bits per heavy atom. The van der Waals surface area contributed by atoms with Crippen molar-refractivity contribution in [1.29, 1.82) is 0 Å². The highest BCUT2D eigenvalue weighted by atomic mass is 16.6. The summed E-state index contributed by atoms with van der Waals surface area (Å²) in [5.41, 5.74) is 0.990. The second-order valence-corrected chi connectivity index (χ2v) is 3.83. The summed E-state index contributed by atoms with van der Waals surface area (Å²) in [5, 5.41) is 0. The summed E-state index contributed by atoms with van der Waals surface area (Å²) in [7, 11) is 0. The lowest BCUT2D eigenvalue weighted by Crippen LogP contribution is -2.27. The smallest absolute Gasteiger partial charge is 0.414 e. The maximum atomic E-state index is 11.6. The first-order valence-corrected chi connectivity index (χ1v) is 5.18. The standard InChI is InChI=1S/C12H11NO3/c14-12(13-6-10-11(7-13)16-10)15-8-9-4-2-1-3-5-9/h1-6,11H,7-8H2. The molecule has 1 aromatic rings. The topological polar surface area (TPSA) is 42.1 Å². The first-order valence-electron chi connectivity index (χ1n) is 5.18. The molecule has 1 saturated heterocycles. The van der Waals surface area contributed by atoms with Crippen molar-refractivity contribution in [2.24, 2.45) is 0 Å². The molecule has 1 unspecified atom stereocenters. The maximum Gasteiger partial charge on any atom is 0.414 e. The van der Waals surface area contributed by atoms with Crippen LogP contribution in [0.2, 0.25) is 0 Å². The van der Waals surface area contributed by atoms with E-state index < -0.39 is 0 Å². The van der Waals surface area contributed by atoms with E-state index in [9.17, 15) is 4.79 Å². The quantitative estimate of drug-likeness (QED) is 0.710. The maximum absolute atomic E-state index is 11.6. The van der Waals surface area contributed by atoms with Gasteiger partial charge in [0.05, 0.1) is 12.7 Å². The number of ether oxygens (including phenoxy) is 2. The van der Waals surface area contributed by atoms with E-state index in [-0.39, 0.29) is 12.2 Å². The van der Waals surface area contributed by atoms with Crippen molar-refractivity contribution < 1.29 is 14.3 Å². The number of nitrogens with zero attached hydrogens (tertiary/aromatic N) is 1. The summed E-state index contributed by atoms with van der Waals surface area (Å²) in [5.74, 6) is 0.886. The largest absolute Gasteiger partial charge is 0.479 e. The van der Waals surface area contributed by atoms with E-state index in [4.69, 9.17) is 9.47 Å². The van der Waals surface area contributed by atoms with E-state index in [2.05, 4.69) is 0 Å². The highest BCUT2D eigenvalue weighted by Gasteiger charge is 2.42. The second-order valence-electron chi connectivity index (χ2n) is 3.83. The van der Waals surface area contributed by atoms with Gasteiger partial charge in [0.2, 0.25) is 0 Å². The number of hydrogen-bond acceptors (Lipinski definition) is 3. The lowest BCUT2D eigenvalue weighted by atomic mass is 10.2. The van der Waals surface area contributed by atoms with Crippen LogP contribution in [0.3, 0.4) is 0 Å². The lowest BCUT2D eigenvalue weighted by Gasteiger charge is -2.14. The summed E-state index contributed by atoms with van der Waals surface area (Å²) in [6.45, 7) is 0.897. The van der Waals surface area contributed by atoms with Gasteiger partial charge >= 0.3 is 6.09 Å². The molecule has 4 nitrogen and oxygen atoms in total. The molecule has 2 aliphatic rings. The third-order valence-corrected chi connectivity index (χ3v) is 2.62. The molecule has 1 aromatic carbocycles. The van der Waals surface area contributed by atoms with Crippen LogP contribution in [0.1, 0.15) is 5.56 Å². The van der Waals surface area contributed by atoms with Gasteiger partial charge in [-0.2, -0.15) is 0 Å². The number of epoxide rings is 1. The van der Waals surface area contributed by atoms with Gasteiger partial charge in [0, 0.05) is 0 Å². The van der Waals surface area contributed by atoms with Crippen LogP contribution in [0.25, 0.3) is 0 Å². The van der Waals surface area contributed by atoms with Crippen LogP contribution in [0, 0.1) is 0 Å². The van der Waals surface area contributed by atoms with E-state index >= 15 is 0 Å². The Morgan fingerprint density at radius 2 is 2.25 bits per heavy atom. The van der Waals surface area contributed by atoms with Gasteiger partial charge in [-0.1, -0.05) is 30.3 Å². The lowest BCUT2D eigenvalue weighted by molar-refractivity contribution is 0.108. The van der Waals surface area contributed by atoms with Crippen LogP contribution in [-0.2, 0) is 16.1 Å². The van der Waals surface area contributed by atoms with Gasteiger partial charge in [0.25, 0.3) is 0 Å². The fourth-order valence-corrected chi connectivity index (χ4v) is 1.69. The number of hydrogen-bond donors (Lipinski definition) is 0. The SMILES string of the molecule is O=C(OCc1ccccc1)N1C=C2OC2C1. The molecular formula is C12H11NO3. The number of fused-ring (bicyclic) bond motifs is 1. The van der Waals surface area contributed by atoms with Crippen LogP contribution in [-0.4, -0.2) is 23.6 Å². The zero-order valence-corrected chi connectivity index (χ0v) is 8.63. The molecule has 2 heterocycles.